The first-order chi connectivity index (χ1) is 10.9. The Labute approximate surface area is 143 Å². The Kier molecular flexibility index (Phi) is 4.21. The summed E-state index contributed by atoms with van der Waals surface area (Å²) in [5.74, 6) is -1.05. The van der Waals surface area contributed by atoms with Crippen molar-refractivity contribution in [2.24, 2.45) is 0 Å². The zero-order valence-electron chi connectivity index (χ0n) is 12.2. The highest BCUT2D eigenvalue weighted by Crippen LogP contribution is 2.33. The predicted molar refractivity (Wildman–Crippen MR) is 85.1 cm³/mol. The van der Waals surface area contributed by atoms with Crippen molar-refractivity contribution < 1.29 is 14.4 Å². The second-order valence-corrected chi connectivity index (χ2v) is 6.62. The number of imide groups is 1. The molecular weight excluding hydrogens is 341 g/mol. The van der Waals surface area contributed by atoms with Crippen LogP contribution in [0, 0.1) is 0 Å². The molecular formula is C15H15Cl2N3O3. The molecule has 1 aromatic carbocycles. The normalized spacial score (nSPS) is 19.8. The maximum atomic E-state index is 12.6. The molecule has 4 amide bonds. The number of carbonyl (C=O) groups excluding carboxylic acids is 3. The van der Waals surface area contributed by atoms with Crippen LogP contribution in [0.15, 0.2) is 18.2 Å². The van der Waals surface area contributed by atoms with Gasteiger partial charge in [0, 0.05) is 5.02 Å². The molecule has 1 saturated carbocycles. The summed E-state index contributed by atoms with van der Waals surface area (Å²) in [7, 11) is 0. The molecule has 0 atom stereocenters. The quantitative estimate of drug-likeness (QED) is 0.800. The van der Waals surface area contributed by atoms with Crippen LogP contribution < -0.4 is 10.7 Å². The van der Waals surface area contributed by atoms with E-state index in [1.54, 1.807) is 0 Å². The van der Waals surface area contributed by atoms with E-state index >= 15 is 0 Å². The zero-order valence-corrected chi connectivity index (χ0v) is 13.7. The van der Waals surface area contributed by atoms with Crippen molar-refractivity contribution in [2.75, 3.05) is 0 Å². The Hall–Kier alpha value is -1.79. The fraction of sp³-hybridized carbons (Fsp3) is 0.400. The molecule has 122 valence electrons. The van der Waals surface area contributed by atoms with Crippen molar-refractivity contribution in [3.05, 3.63) is 33.8 Å². The molecule has 3 rings (SSSR count). The molecule has 2 fully saturated rings. The minimum Gasteiger partial charge on any atom is -0.322 e. The van der Waals surface area contributed by atoms with Gasteiger partial charge in [-0.1, -0.05) is 42.5 Å². The highest BCUT2D eigenvalue weighted by molar-refractivity contribution is 6.36. The lowest BCUT2D eigenvalue weighted by atomic mass is 9.82. The maximum absolute atomic E-state index is 12.6. The summed E-state index contributed by atoms with van der Waals surface area (Å²) in [5.41, 5.74) is 1.59. The van der Waals surface area contributed by atoms with Crippen LogP contribution in [0.3, 0.4) is 0 Å². The minimum atomic E-state index is -0.883. The van der Waals surface area contributed by atoms with Crippen molar-refractivity contribution in [3.8, 4) is 0 Å². The Morgan fingerprint density at radius 2 is 1.87 bits per heavy atom. The van der Waals surface area contributed by atoms with E-state index in [0.29, 0.717) is 17.9 Å². The summed E-state index contributed by atoms with van der Waals surface area (Å²) in [4.78, 5) is 36.9. The molecule has 1 aliphatic heterocycles. The van der Waals surface area contributed by atoms with Gasteiger partial charge in [0.2, 0.25) is 0 Å². The lowest BCUT2D eigenvalue weighted by Gasteiger charge is -2.30. The Morgan fingerprint density at radius 1 is 1.17 bits per heavy atom. The minimum absolute atomic E-state index is 0.140. The largest absolute Gasteiger partial charge is 0.344 e. The van der Waals surface area contributed by atoms with Crippen LogP contribution in [0.4, 0.5) is 4.79 Å². The molecule has 0 radical (unpaired) electrons. The van der Waals surface area contributed by atoms with Crippen molar-refractivity contribution in [1.29, 1.82) is 0 Å². The third kappa shape index (κ3) is 2.88. The molecule has 1 saturated heterocycles. The van der Waals surface area contributed by atoms with Gasteiger partial charge >= 0.3 is 6.03 Å². The lowest BCUT2D eigenvalue weighted by molar-refractivity contribution is -0.134. The van der Waals surface area contributed by atoms with Crippen molar-refractivity contribution >= 4 is 41.0 Å². The molecule has 0 aromatic heterocycles. The van der Waals surface area contributed by atoms with Crippen LogP contribution in [0.1, 0.15) is 42.5 Å². The standard InChI is InChI=1S/C15H15Cl2N3O3/c16-9-4-5-10(11(17)8-9)12(21)19-20-13(22)15(18-14(20)23)6-2-1-3-7-15/h4-5,8H,1-3,6-7H2,(H,18,23)(H,19,21). The van der Waals surface area contributed by atoms with E-state index in [4.69, 9.17) is 23.2 Å². The summed E-state index contributed by atoms with van der Waals surface area (Å²) in [6, 6.07) is 3.76. The van der Waals surface area contributed by atoms with Crippen molar-refractivity contribution in [1.82, 2.24) is 15.8 Å². The van der Waals surface area contributed by atoms with Crippen LogP contribution in [0.2, 0.25) is 10.0 Å². The number of urea groups is 1. The number of carbonyl (C=O) groups is 3. The Morgan fingerprint density at radius 3 is 2.52 bits per heavy atom. The molecule has 23 heavy (non-hydrogen) atoms. The number of nitrogens with one attached hydrogen (secondary N) is 2. The van der Waals surface area contributed by atoms with Gasteiger partial charge in [0.05, 0.1) is 10.6 Å². The van der Waals surface area contributed by atoms with Crippen LogP contribution in [0.5, 0.6) is 0 Å². The third-order valence-corrected chi connectivity index (χ3v) is 4.81. The topological polar surface area (TPSA) is 78.5 Å². The van der Waals surface area contributed by atoms with Crippen LogP contribution in [-0.4, -0.2) is 28.4 Å². The van der Waals surface area contributed by atoms with Gasteiger partial charge in [-0.15, -0.1) is 0 Å². The van der Waals surface area contributed by atoms with E-state index < -0.39 is 23.4 Å². The van der Waals surface area contributed by atoms with Crippen LogP contribution >= 0.6 is 23.2 Å². The number of rotatable bonds is 2. The molecule has 0 bridgehead atoms. The molecule has 0 unspecified atom stereocenters. The van der Waals surface area contributed by atoms with Gasteiger partial charge in [0.1, 0.15) is 5.54 Å². The number of nitrogens with zero attached hydrogens (tertiary/aromatic N) is 1. The van der Waals surface area contributed by atoms with Crippen molar-refractivity contribution in [3.63, 3.8) is 0 Å². The fourth-order valence-corrected chi connectivity index (χ4v) is 3.55. The summed E-state index contributed by atoms with van der Waals surface area (Å²) in [5, 5.41) is 4.01. The average molecular weight is 356 g/mol. The van der Waals surface area contributed by atoms with Gasteiger partial charge < -0.3 is 5.32 Å². The summed E-state index contributed by atoms with van der Waals surface area (Å²) in [6.07, 6.45) is 3.96. The monoisotopic (exact) mass is 355 g/mol. The van der Waals surface area contributed by atoms with E-state index in [1.165, 1.54) is 18.2 Å². The number of hydrogen-bond donors (Lipinski definition) is 2. The highest BCUT2D eigenvalue weighted by Gasteiger charge is 2.52. The summed E-state index contributed by atoms with van der Waals surface area (Å²) < 4.78 is 0. The first-order valence-corrected chi connectivity index (χ1v) is 8.11. The average Bonchev–Trinajstić information content (AvgIpc) is 2.72. The third-order valence-electron chi connectivity index (χ3n) is 4.26. The Balaban J connectivity index is 1.78. The van der Waals surface area contributed by atoms with E-state index in [9.17, 15) is 14.4 Å². The number of hydrogen-bond acceptors (Lipinski definition) is 3. The first-order valence-electron chi connectivity index (χ1n) is 7.36. The van der Waals surface area contributed by atoms with E-state index in [2.05, 4.69) is 10.7 Å². The smallest absolute Gasteiger partial charge is 0.322 e. The second-order valence-electron chi connectivity index (χ2n) is 5.78. The number of hydrazine groups is 1. The molecule has 2 N–H and O–H groups in total. The molecule has 2 aliphatic rings. The molecule has 1 spiro atoms. The van der Waals surface area contributed by atoms with Gasteiger partial charge in [-0.3, -0.25) is 15.0 Å². The maximum Gasteiger partial charge on any atom is 0.344 e. The second kappa shape index (κ2) is 6.02. The summed E-state index contributed by atoms with van der Waals surface area (Å²) >= 11 is 11.8. The van der Waals surface area contributed by atoms with Crippen molar-refractivity contribution in [2.45, 2.75) is 37.6 Å². The first kappa shape index (κ1) is 16.1. The molecule has 1 aromatic rings. The lowest BCUT2D eigenvalue weighted by Crippen LogP contribution is -2.51. The van der Waals surface area contributed by atoms with Gasteiger partial charge in [-0.25, -0.2) is 4.79 Å². The van der Waals surface area contributed by atoms with Gasteiger partial charge in [0.15, 0.2) is 0 Å². The molecule has 1 heterocycles. The van der Waals surface area contributed by atoms with Gasteiger partial charge in [-0.2, -0.15) is 5.01 Å². The van der Waals surface area contributed by atoms with E-state index in [0.717, 1.165) is 24.3 Å². The fourth-order valence-electron chi connectivity index (χ4n) is 3.05. The van der Waals surface area contributed by atoms with Gasteiger partial charge in [-0.05, 0) is 31.0 Å². The number of benzene rings is 1. The number of halogens is 2. The van der Waals surface area contributed by atoms with Gasteiger partial charge in [0.25, 0.3) is 11.8 Å². The molecule has 1 aliphatic carbocycles. The highest BCUT2D eigenvalue weighted by atomic mass is 35.5. The van der Waals surface area contributed by atoms with E-state index in [1.807, 2.05) is 0 Å². The van der Waals surface area contributed by atoms with E-state index in [-0.39, 0.29) is 10.6 Å². The predicted octanol–water partition coefficient (Wildman–Crippen LogP) is 2.89. The Bertz CT molecular complexity index is 687. The SMILES string of the molecule is O=C(NN1C(=O)NC2(CCCCC2)C1=O)c1ccc(Cl)cc1Cl. The number of amides is 4. The van der Waals surface area contributed by atoms with Crippen LogP contribution in [-0.2, 0) is 4.79 Å². The molecule has 6 nitrogen and oxygen atoms in total. The summed E-state index contributed by atoms with van der Waals surface area (Å²) in [6.45, 7) is 0. The van der Waals surface area contributed by atoms with Crippen LogP contribution in [0.25, 0.3) is 0 Å². The zero-order chi connectivity index (χ0) is 16.6. The molecule has 8 heteroatoms.